The third-order valence-corrected chi connectivity index (χ3v) is 1.67. The lowest BCUT2D eigenvalue weighted by molar-refractivity contribution is 0.345. The van der Waals surface area contributed by atoms with Gasteiger partial charge in [-0.25, -0.2) is 0 Å². The van der Waals surface area contributed by atoms with E-state index in [2.05, 4.69) is 18.7 Å². The molecule has 1 heteroatoms. The minimum absolute atomic E-state index is 1.00. The lowest BCUT2D eigenvalue weighted by Crippen LogP contribution is -2.19. The molecular weight excluding hydrogens is 134 g/mol. The van der Waals surface area contributed by atoms with Gasteiger partial charge in [0.05, 0.1) is 0 Å². The average Bonchev–Trinajstić information content (AvgIpc) is 2.42. The second-order valence-corrected chi connectivity index (χ2v) is 2.90. The van der Waals surface area contributed by atoms with Crippen molar-refractivity contribution in [1.29, 1.82) is 0 Å². The summed E-state index contributed by atoms with van der Waals surface area (Å²) in [6.45, 7) is 13.1. The van der Waals surface area contributed by atoms with Gasteiger partial charge in [-0.3, -0.25) is 0 Å². The van der Waals surface area contributed by atoms with Crippen LogP contribution in [0.5, 0.6) is 0 Å². The molecule has 1 heterocycles. The molecule has 0 bridgehead atoms. The second-order valence-electron chi connectivity index (χ2n) is 2.90. The summed E-state index contributed by atoms with van der Waals surface area (Å²) >= 11 is 0. The summed E-state index contributed by atoms with van der Waals surface area (Å²) < 4.78 is 0. The summed E-state index contributed by atoms with van der Waals surface area (Å²) in [6.07, 6.45) is 4.88. The molecular formula is C10H21N. The van der Waals surface area contributed by atoms with Gasteiger partial charge in [-0.15, -0.1) is 0 Å². The van der Waals surface area contributed by atoms with E-state index >= 15 is 0 Å². The summed E-state index contributed by atoms with van der Waals surface area (Å²) in [5.41, 5.74) is 0. The van der Waals surface area contributed by atoms with E-state index in [1.807, 2.05) is 6.92 Å². The molecule has 0 amide bonds. The van der Waals surface area contributed by atoms with Crippen LogP contribution in [0.25, 0.3) is 0 Å². The molecule has 1 nitrogen and oxygen atoms in total. The van der Waals surface area contributed by atoms with E-state index < -0.39 is 0 Å². The highest BCUT2D eigenvalue weighted by molar-refractivity contribution is 4.65. The fourth-order valence-electron chi connectivity index (χ4n) is 1.23. The lowest BCUT2D eigenvalue weighted by atomic mass is 10.4. The third kappa shape index (κ3) is 6.36. The van der Waals surface area contributed by atoms with Crippen molar-refractivity contribution in [1.82, 2.24) is 4.90 Å². The highest BCUT2D eigenvalue weighted by Gasteiger charge is 2.08. The van der Waals surface area contributed by atoms with Crippen molar-refractivity contribution in [2.24, 2.45) is 0 Å². The molecule has 0 unspecified atom stereocenters. The van der Waals surface area contributed by atoms with Crippen LogP contribution in [0.3, 0.4) is 0 Å². The van der Waals surface area contributed by atoms with Crippen LogP contribution >= 0.6 is 0 Å². The Hall–Kier alpha value is -0.0400. The van der Waals surface area contributed by atoms with Crippen molar-refractivity contribution in [3.05, 3.63) is 13.8 Å². The normalized spacial score (nSPS) is 17.7. The molecule has 0 saturated carbocycles. The maximum atomic E-state index is 3.81. The molecule has 0 aromatic heterocycles. The highest BCUT2D eigenvalue weighted by atomic mass is 15.1. The Balaban J connectivity index is 0.000000292. The van der Waals surface area contributed by atoms with Crippen LogP contribution in [-0.4, -0.2) is 24.5 Å². The second kappa shape index (κ2) is 8.06. The average molecular weight is 155 g/mol. The largest absolute Gasteiger partial charge is 0.303 e. The number of likely N-dealkylation sites (tertiary alicyclic amines) is 1. The molecule has 0 spiro atoms. The Morgan fingerprint density at radius 1 is 1.18 bits per heavy atom. The van der Waals surface area contributed by atoms with Crippen LogP contribution in [-0.2, 0) is 0 Å². The first-order valence-electron chi connectivity index (χ1n) is 4.66. The molecule has 66 valence electrons. The van der Waals surface area contributed by atoms with Gasteiger partial charge >= 0.3 is 0 Å². The van der Waals surface area contributed by atoms with Gasteiger partial charge in [0.25, 0.3) is 0 Å². The Bertz CT molecular complexity index is 65.3. The van der Waals surface area contributed by atoms with Gasteiger partial charge in [0.1, 0.15) is 0 Å². The van der Waals surface area contributed by atoms with Gasteiger partial charge in [-0.1, -0.05) is 27.2 Å². The first-order chi connectivity index (χ1) is 5.35. The van der Waals surface area contributed by atoms with E-state index in [9.17, 15) is 0 Å². The minimum Gasteiger partial charge on any atom is -0.303 e. The van der Waals surface area contributed by atoms with Crippen LogP contribution in [0.1, 0.15) is 32.6 Å². The summed E-state index contributed by atoms with van der Waals surface area (Å²) in [6, 6.07) is 0. The maximum Gasteiger partial charge on any atom is -0.00183 e. The van der Waals surface area contributed by atoms with Crippen molar-refractivity contribution >= 4 is 0 Å². The van der Waals surface area contributed by atoms with E-state index in [4.69, 9.17) is 0 Å². The maximum absolute atomic E-state index is 3.81. The van der Waals surface area contributed by atoms with Gasteiger partial charge in [-0.05, 0) is 38.9 Å². The van der Waals surface area contributed by atoms with Crippen molar-refractivity contribution in [2.45, 2.75) is 32.6 Å². The Labute approximate surface area is 71.8 Å². The molecule has 1 fully saturated rings. The van der Waals surface area contributed by atoms with Crippen LogP contribution in [0.15, 0.2) is 0 Å². The molecule has 1 aliphatic heterocycles. The summed E-state index contributed by atoms with van der Waals surface area (Å²) in [4.78, 5) is 2.48. The molecule has 0 aromatic rings. The third-order valence-electron chi connectivity index (χ3n) is 1.67. The zero-order valence-corrected chi connectivity index (χ0v) is 7.81. The van der Waals surface area contributed by atoms with E-state index in [1.54, 1.807) is 0 Å². The fraction of sp³-hybridized carbons (Fsp3) is 0.800. The van der Waals surface area contributed by atoms with Gasteiger partial charge in [0, 0.05) is 0 Å². The molecule has 0 N–H and O–H groups in total. The predicted molar refractivity (Wildman–Crippen MR) is 51.3 cm³/mol. The highest BCUT2D eigenvalue weighted by Crippen LogP contribution is 2.06. The Morgan fingerprint density at radius 3 is 2.00 bits per heavy atom. The molecule has 1 rings (SSSR count). The zero-order chi connectivity index (χ0) is 8.53. The number of hydrogen-bond acceptors (Lipinski definition) is 1. The first-order valence-corrected chi connectivity index (χ1v) is 4.66. The summed E-state index contributed by atoms with van der Waals surface area (Å²) in [7, 11) is 0. The van der Waals surface area contributed by atoms with Crippen molar-refractivity contribution in [2.75, 3.05) is 19.6 Å². The Kier molecular flexibility index (Phi) is 8.03. The molecule has 0 aromatic carbocycles. The zero-order valence-electron chi connectivity index (χ0n) is 7.81. The SMILES string of the molecule is [CH2]CC.[CH2]CCN1CCCC1. The molecule has 2 radical (unpaired) electrons. The van der Waals surface area contributed by atoms with Gasteiger partial charge < -0.3 is 4.90 Å². The summed E-state index contributed by atoms with van der Waals surface area (Å²) in [5.74, 6) is 0. The molecule has 1 saturated heterocycles. The van der Waals surface area contributed by atoms with Gasteiger partial charge in [-0.2, -0.15) is 0 Å². The first kappa shape index (κ1) is 11.0. The fourth-order valence-corrected chi connectivity index (χ4v) is 1.23. The minimum atomic E-state index is 1.00. The standard InChI is InChI=1S/C7H14N.C3H7/c1-2-5-8-6-3-4-7-8;1-3-2/h1-7H2;1,3H2,2H3. The van der Waals surface area contributed by atoms with E-state index in [0.29, 0.717) is 0 Å². The smallest absolute Gasteiger partial charge is 0.00183 e. The van der Waals surface area contributed by atoms with Gasteiger partial charge in [0.2, 0.25) is 0 Å². The number of hydrogen-bond donors (Lipinski definition) is 0. The Morgan fingerprint density at radius 2 is 1.64 bits per heavy atom. The van der Waals surface area contributed by atoms with Crippen LogP contribution in [0.2, 0.25) is 0 Å². The monoisotopic (exact) mass is 155 g/mol. The molecule has 0 atom stereocenters. The topological polar surface area (TPSA) is 3.24 Å². The van der Waals surface area contributed by atoms with Crippen molar-refractivity contribution < 1.29 is 0 Å². The van der Waals surface area contributed by atoms with E-state index in [0.717, 1.165) is 12.8 Å². The van der Waals surface area contributed by atoms with Gasteiger partial charge in [0.15, 0.2) is 0 Å². The predicted octanol–water partition coefficient (Wildman–Crippen LogP) is 2.54. The molecule has 0 aliphatic carbocycles. The molecule has 11 heavy (non-hydrogen) atoms. The van der Waals surface area contributed by atoms with Crippen molar-refractivity contribution in [3.8, 4) is 0 Å². The number of nitrogens with zero attached hydrogens (tertiary/aromatic N) is 1. The van der Waals surface area contributed by atoms with Crippen LogP contribution in [0, 0.1) is 13.8 Å². The summed E-state index contributed by atoms with van der Waals surface area (Å²) in [5, 5.41) is 0. The molecule has 1 aliphatic rings. The van der Waals surface area contributed by atoms with E-state index in [-0.39, 0.29) is 0 Å². The van der Waals surface area contributed by atoms with Crippen molar-refractivity contribution in [3.63, 3.8) is 0 Å². The van der Waals surface area contributed by atoms with E-state index in [1.165, 1.54) is 32.5 Å². The quantitative estimate of drug-likeness (QED) is 0.592. The van der Waals surface area contributed by atoms with Crippen LogP contribution in [0.4, 0.5) is 0 Å². The number of rotatable bonds is 2. The van der Waals surface area contributed by atoms with Crippen LogP contribution < -0.4 is 0 Å². The lowest BCUT2D eigenvalue weighted by Gasteiger charge is -2.11.